The number of ether oxygens (including phenoxy) is 2. The summed E-state index contributed by atoms with van der Waals surface area (Å²) in [7, 11) is -2.07. The van der Waals surface area contributed by atoms with Crippen molar-refractivity contribution in [3.63, 3.8) is 0 Å². The summed E-state index contributed by atoms with van der Waals surface area (Å²) in [5.74, 6) is 1.45. The van der Waals surface area contributed by atoms with Crippen molar-refractivity contribution in [3.05, 3.63) is 53.6 Å². The largest absolute Gasteiger partial charge is 0.497 e. The second-order valence-corrected chi connectivity index (χ2v) is 7.66. The van der Waals surface area contributed by atoms with E-state index in [1.54, 1.807) is 18.2 Å². The molecule has 0 aromatic heterocycles. The van der Waals surface area contributed by atoms with Gasteiger partial charge in [-0.2, -0.15) is 0 Å². The highest BCUT2D eigenvalue weighted by atomic mass is 32.2. The van der Waals surface area contributed by atoms with Gasteiger partial charge in [-0.25, -0.2) is 13.1 Å². The Morgan fingerprint density at radius 2 is 2.08 bits per heavy atom. The molecule has 0 bridgehead atoms. The summed E-state index contributed by atoms with van der Waals surface area (Å²) in [6.45, 7) is 2.58. The highest BCUT2D eigenvalue weighted by Crippen LogP contribution is 2.26. The van der Waals surface area contributed by atoms with Gasteiger partial charge in [-0.05, 0) is 42.7 Å². The number of sulfonamides is 1. The van der Waals surface area contributed by atoms with Gasteiger partial charge in [0.1, 0.15) is 11.5 Å². The average molecular weight is 347 g/mol. The van der Waals surface area contributed by atoms with Crippen molar-refractivity contribution in [1.82, 2.24) is 4.72 Å². The zero-order valence-corrected chi connectivity index (χ0v) is 14.6. The molecule has 0 spiro atoms. The lowest BCUT2D eigenvalue weighted by atomic mass is 10.0. The lowest BCUT2D eigenvalue weighted by Crippen LogP contribution is -2.34. The Kier molecular flexibility index (Phi) is 4.78. The van der Waals surface area contributed by atoms with Crippen LogP contribution in [0, 0.1) is 0 Å². The molecule has 1 aliphatic rings. The first-order valence-electron chi connectivity index (χ1n) is 7.89. The number of nitrogens with one attached hydrogen (secondary N) is 1. The van der Waals surface area contributed by atoms with Crippen LogP contribution in [-0.4, -0.2) is 28.2 Å². The molecule has 128 valence electrons. The van der Waals surface area contributed by atoms with Gasteiger partial charge in [-0.15, -0.1) is 0 Å². The van der Waals surface area contributed by atoms with Crippen LogP contribution in [0.15, 0.2) is 47.4 Å². The summed E-state index contributed by atoms with van der Waals surface area (Å²) in [6.07, 6.45) is 1.53. The van der Waals surface area contributed by atoms with Crippen LogP contribution in [0.4, 0.5) is 0 Å². The van der Waals surface area contributed by atoms with Crippen molar-refractivity contribution in [2.45, 2.75) is 30.7 Å². The number of rotatable bonds is 6. The average Bonchev–Trinajstić information content (AvgIpc) is 3.02. The van der Waals surface area contributed by atoms with E-state index in [1.807, 2.05) is 19.1 Å². The van der Waals surface area contributed by atoms with Crippen LogP contribution in [0.25, 0.3) is 0 Å². The van der Waals surface area contributed by atoms with Crippen LogP contribution in [0.5, 0.6) is 11.5 Å². The zero-order chi connectivity index (χ0) is 17.2. The van der Waals surface area contributed by atoms with Crippen molar-refractivity contribution < 1.29 is 17.9 Å². The number of methoxy groups -OCH3 is 1. The Hall–Kier alpha value is -2.05. The lowest BCUT2D eigenvalue weighted by molar-refractivity contribution is 0.357. The van der Waals surface area contributed by atoms with Crippen LogP contribution < -0.4 is 14.2 Å². The summed E-state index contributed by atoms with van der Waals surface area (Å²) >= 11 is 0. The predicted molar refractivity (Wildman–Crippen MR) is 92.1 cm³/mol. The first-order valence-corrected chi connectivity index (χ1v) is 9.37. The molecule has 24 heavy (non-hydrogen) atoms. The molecule has 0 saturated heterocycles. The Morgan fingerprint density at radius 3 is 2.88 bits per heavy atom. The van der Waals surface area contributed by atoms with Gasteiger partial charge in [0.2, 0.25) is 10.0 Å². The maximum absolute atomic E-state index is 12.5. The van der Waals surface area contributed by atoms with Crippen molar-refractivity contribution in [1.29, 1.82) is 0 Å². The van der Waals surface area contributed by atoms with E-state index in [9.17, 15) is 8.42 Å². The molecule has 0 aliphatic carbocycles. The van der Waals surface area contributed by atoms with E-state index < -0.39 is 10.0 Å². The fraction of sp³-hybridized carbons (Fsp3) is 0.333. The first kappa shape index (κ1) is 16.8. The Bertz CT molecular complexity index is 833. The molecule has 1 aliphatic heterocycles. The van der Waals surface area contributed by atoms with Crippen LogP contribution in [0.3, 0.4) is 0 Å². The van der Waals surface area contributed by atoms with Crippen molar-refractivity contribution in [2.75, 3.05) is 13.7 Å². The predicted octanol–water partition coefficient (Wildman–Crippen LogP) is 2.54. The van der Waals surface area contributed by atoms with E-state index in [1.165, 1.54) is 18.7 Å². The third kappa shape index (κ3) is 3.71. The smallest absolute Gasteiger partial charge is 0.240 e. The van der Waals surface area contributed by atoms with Gasteiger partial charge >= 0.3 is 0 Å². The minimum atomic E-state index is -3.58. The van der Waals surface area contributed by atoms with E-state index in [4.69, 9.17) is 9.47 Å². The fourth-order valence-electron chi connectivity index (χ4n) is 2.86. The number of benzene rings is 2. The second-order valence-electron chi connectivity index (χ2n) is 5.95. The zero-order valence-electron chi connectivity index (χ0n) is 13.8. The molecule has 1 N–H and O–H groups in total. The molecule has 2 aromatic carbocycles. The molecule has 0 radical (unpaired) electrons. The van der Waals surface area contributed by atoms with Gasteiger partial charge < -0.3 is 9.47 Å². The van der Waals surface area contributed by atoms with Crippen LogP contribution in [0.1, 0.15) is 18.1 Å². The molecule has 3 rings (SSSR count). The molecule has 5 nitrogen and oxygen atoms in total. The highest BCUT2D eigenvalue weighted by molar-refractivity contribution is 7.89. The van der Waals surface area contributed by atoms with Crippen LogP contribution >= 0.6 is 0 Å². The molecule has 2 aromatic rings. The van der Waals surface area contributed by atoms with Gasteiger partial charge in [0.25, 0.3) is 0 Å². The van der Waals surface area contributed by atoms with E-state index in [0.29, 0.717) is 12.2 Å². The quantitative estimate of drug-likeness (QED) is 0.872. The summed E-state index contributed by atoms with van der Waals surface area (Å²) in [5, 5.41) is 0. The number of hydrogen-bond acceptors (Lipinski definition) is 4. The topological polar surface area (TPSA) is 64.6 Å². The lowest BCUT2D eigenvalue weighted by Gasteiger charge is -2.15. The molecule has 6 heteroatoms. The van der Waals surface area contributed by atoms with E-state index in [-0.39, 0.29) is 10.9 Å². The van der Waals surface area contributed by atoms with Crippen molar-refractivity contribution in [2.24, 2.45) is 0 Å². The van der Waals surface area contributed by atoms with Crippen LogP contribution in [-0.2, 0) is 22.9 Å². The normalized spacial score (nSPS) is 14.8. The molecule has 1 unspecified atom stereocenters. The highest BCUT2D eigenvalue weighted by Gasteiger charge is 2.19. The van der Waals surface area contributed by atoms with Crippen molar-refractivity contribution >= 4 is 10.0 Å². The van der Waals surface area contributed by atoms with E-state index in [0.717, 1.165) is 24.3 Å². The second kappa shape index (κ2) is 6.83. The molecule has 0 amide bonds. The van der Waals surface area contributed by atoms with Crippen molar-refractivity contribution in [3.8, 4) is 11.5 Å². The summed E-state index contributed by atoms with van der Waals surface area (Å²) < 4.78 is 38.3. The van der Waals surface area contributed by atoms with Gasteiger partial charge in [0.05, 0.1) is 18.6 Å². The monoisotopic (exact) mass is 347 g/mol. The Morgan fingerprint density at radius 1 is 1.25 bits per heavy atom. The van der Waals surface area contributed by atoms with Gasteiger partial charge in [-0.1, -0.05) is 18.2 Å². The van der Waals surface area contributed by atoms with E-state index >= 15 is 0 Å². The minimum absolute atomic E-state index is 0.205. The summed E-state index contributed by atoms with van der Waals surface area (Å²) in [6, 6.07) is 12.3. The third-order valence-corrected chi connectivity index (χ3v) is 5.59. The first-order chi connectivity index (χ1) is 11.5. The summed E-state index contributed by atoms with van der Waals surface area (Å²) in [4.78, 5) is 0.205. The van der Waals surface area contributed by atoms with Crippen LogP contribution in [0.2, 0.25) is 0 Å². The standard InChI is InChI=1S/C18H21NO4S/c1-13(10-14-6-7-18-15(11-14)8-9-23-18)19-24(20,21)17-5-3-4-16(12-17)22-2/h3-7,11-13,19H,8-10H2,1-2H3. The Labute approximate surface area is 142 Å². The molecule has 1 atom stereocenters. The fourth-order valence-corrected chi connectivity index (χ4v) is 4.14. The minimum Gasteiger partial charge on any atom is -0.497 e. The SMILES string of the molecule is COc1cccc(S(=O)(=O)NC(C)Cc2ccc3c(c2)CCO3)c1. The Balaban J connectivity index is 1.70. The molecule has 0 saturated carbocycles. The van der Waals surface area contributed by atoms with E-state index in [2.05, 4.69) is 10.8 Å². The molecule has 1 heterocycles. The number of hydrogen-bond donors (Lipinski definition) is 1. The molecule has 0 fully saturated rings. The molecular formula is C18H21NO4S. The van der Waals surface area contributed by atoms with Gasteiger partial charge in [-0.3, -0.25) is 0 Å². The third-order valence-electron chi connectivity index (χ3n) is 4.00. The van der Waals surface area contributed by atoms with Gasteiger partial charge in [0.15, 0.2) is 0 Å². The molecular weight excluding hydrogens is 326 g/mol. The maximum atomic E-state index is 12.5. The van der Waals surface area contributed by atoms with Gasteiger partial charge in [0, 0.05) is 18.5 Å². The summed E-state index contributed by atoms with van der Waals surface area (Å²) in [5.41, 5.74) is 2.29. The maximum Gasteiger partial charge on any atom is 0.240 e. The number of fused-ring (bicyclic) bond motifs is 1.